The number of anilines is 1. The first-order valence-corrected chi connectivity index (χ1v) is 7.95. The van der Waals surface area contributed by atoms with E-state index in [0.29, 0.717) is 0 Å². The van der Waals surface area contributed by atoms with Gasteiger partial charge in [-0.3, -0.25) is 5.32 Å². The van der Waals surface area contributed by atoms with Gasteiger partial charge in [0.15, 0.2) is 11.5 Å². The first-order valence-electron chi connectivity index (χ1n) is 7.19. The molecule has 138 valence electrons. The summed E-state index contributed by atoms with van der Waals surface area (Å²) in [6, 6.07) is 7.19. The molecule has 0 aliphatic carbocycles. The van der Waals surface area contributed by atoms with E-state index in [1.807, 2.05) is 0 Å². The number of halogens is 5. The van der Waals surface area contributed by atoms with Crippen LogP contribution in [0.5, 0.6) is 11.5 Å². The first-order chi connectivity index (χ1) is 12.1. The maximum Gasteiger partial charge on any atom is 0.492 e. The van der Waals surface area contributed by atoms with Gasteiger partial charge in [0.2, 0.25) is 0 Å². The van der Waals surface area contributed by atoms with E-state index in [-0.39, 0.29) is 27.2 Å². The maximum atomic E-state index is 13.6. The van der Waals surface area contributed by atoms with E-state index in [1.165, 1.54) is 24.3 Å². The Labute approximate surface area is 156 Å². The van der Waals surface area contributed by atoms with Crippen LogP contribution in [0.1, 0.15) is 5.56 Å². The van der Waals surface area contributed by atoms with Crippen molar-refractivity contribution in [1.82, 2.24) is 5.32 Å². The number of nitrogens with one attached hydrogen (secondary N) is 2. The van der Waals surface area contributed by atoms with Gasteiger partial charge < -0.3 is 14.8 Å². The van der Waals surface area contributed by atoms with E-state index in [1.54, 1.807) is 18.3 Å². The molecule has 0 aromatic heterocycles. The number of fused-ring (bicyclic) bond motifs is 1. The van der Waals surface area contributed by atoms with E-state index < -0.39 is 18.1 Å². The highest BCUT2D eigenvalue weighted by atomic mass is 35.5. The molecule has 2 aromatic carbocycles. The minimum atomic E-state index is -5.08. The highest BCUT2D eigenvalue weighted by Crippen LogP contribution is 2.46. The van der Waals surface area contributed by atoms with Crippen LogP contribution in [0, 0.1) is 6.92 Å². The summed E-state index contributed by atoms with van der Waals surface area (Å²) in [4.78, 5) is 12.1. The number of rotatable bonds is 2. The number of carbonyl (C=O) groups excluding carboxylic acids is 1. The number of alkyl halides is 3. The van der Waals surface area contributed by atoms with E-state index in [2.05, 4.69) is 5.32 Å². The molecule has 3 rings (SSSR count). The fourth-order valence-corrected chi connectivity index (χ4v) is 2.58. The number of ether oxygens (including phenoxy) is 2. The molecule has 2 amide bonds. The summed E-state index contributed by atoms with van der Waals surface area (Å²) in [7, 11) is 0. The van der Waals surface area contributed by atoms with Crippen molar-refractivity contribution in [2.24, 2.45) is 0 Å². The monoisotopic (exact) mass is 406 g/mol. The summed E-state index contributed by atoms with van der Waals surface area (Å²) < 4.78 is 50.4. The zero-order valence-corrected chi connectivity index (χ0v) is 14.6. The minimum absolute atomic E-state index is 0.139. The summed E-state index contributed by atoms with van der Waals surface area (Å²) in [5.74, 6) is -3.84. The van der Waals surface area contributed by atoms with Gasteiger partial charge in [0.25, 0.3) is 0 Å². The Kier molecular flexibility index (Phi) is 4.58. The van der Waals surface area contributed by atoms with E-state index in [4.69, 9.17) is 32.7 Å². The molecule has 0 fully saturated rings. The molecule has 5 nitrogen and oxygen atoms in total. The van der Waals surface area contributed by atoms with Gasteiger partial charge in [-0.1, -0.05) is 29.3 Å². The second-order valence-corrected chi connectivity index (χ2v) is 6.32. The van der Waals surface area contributed by atoms with Crippen molar-refractivity contribution in [2.45, 2.75) is 19.0 Å². The maximum absolute atomic E-state index is 13.6. The molecular formula is C16H11Cl2F3N2O3. The minimum Gasteiger partial charge on any atom is -0.424 e. The molecule has 1 aliphatic heterocycles. The van der Waals surface area contributed by atoms with Crippen LogP contribution >= 0.6 is 23.2 Å². The first kappa shape index (κ1) is 18.5. The summed E-state index contributed by atoms with van der Waals surface area (Å²) in [5.41, 5.74) is 0.894. The summed E-state index contributed by atoms with van der Waals surface area (Å²) in [5, 5.41) is 4.23. The lowest BCUT2D eigenvalue weighted by atomic mass is 10.2. The van der Waals surface area contributed by atoms with Crippen LogP contribution in [0.2, 0.25) is 10.0 Å². The quantitative estimate of drug-likeness (QED) is 0.728. The number of benzene rings is 2. The topological polar surface area (TPSA) is 59.6 Å². The van der Waals surface area contributed by atoms with Gasteiger partial charge in [0.1, 0.15) is 0 Å². The zero-order chi connectivity index (χ0) is 19.1. The van der Waals surface area contributed by atoms with E-state index >= 15 is 0 Å². The number of aryl methyl sites for hydroxylation is 1. The van der Waals surface area contributed by atoms with E-state index in [0.717, 1.165) is 11.6 Å². The Morgan fingerprint density at radius 2 is 1.77 bits per heavy atom. The number of hydrogen-bond acceptors (Lipinski definition) is 3. The van der Waals surface area contributed by atoms with Gasteiger partial charge in [-0.05, 0) is 36.8 Å². The molecule has 0 radical (unpaired) electrons. The van der Waals surface area contributed by atoms with Crippen molar-refractivity contribution in [1.29, 1.82) is 0 Å². The van der Waals surface area contributed by atoms with Crippen molar-refractivity contribution in [3.8, 4) is 11.5 Å². The third-order valence-corrected chi connectivity index (χ3v) is 4.00. The lowest BCUT2D eigenvalue weighted by Gasteiger charge is -2.29. The lowest BCUT2D eigenvalue weighted by molar-refractivity contribution is -0.317. The smallest absolute Gasteiger partial charge is 0.424 e. The molecule has 1 atom stereocenters. The van der Waals surface area contributed by atoms with Crippen molar-refractivity contribution in [3.05, 3.63) is 52.0 Å². The molecule has 0 saturated heterocycles. The zero-order valence-electron chi connectivity index (χ0n) is 13.1. The van der Waals surface area contributed by atoms with Crippen molar-refractivity contribution in [3.63, 3.8) is 0 Å². The molecule has 10 heteroatoms. The van der Waals surface area contributed by atoms with Gasteiger partial charge in [-0.25, -0.2) is 4.79 Å². The normalized spacial score (nSPS) is 18.5. The Balaban J connectivity index is 1.85. The van der Waals surface area contributed by atoms with Crippen molar-refractivity contribution in [2.75, 3.05) is 5.32 Å². The Bertz CT molecular complexity index is 876. The lowest BCUT2D eigenvalue weighted by Crippen LogP contribution is -2.65. The van der Waals surface area contributed by atoms with Crippen LogP contribution in [-0.4, -0.2) is 18.1 Å². The van der Waals surface area contributed by atoms with Gasteiger partial charge in [-0.2, -0.15) is 13.2 Å². The SMILES string of the molecule is Cc1ccc(Cl)c(NC(=O)N[C@@]2(C(F)(F)F)Oc3ccc(Cl)cc3O2)c1. The summed E-state index contributed by atoms with van der Waals surface area (Å²) in [6.07, 6.45) is -5.08. The molecule has 2 aromatic rings. The number of urea groups is 1. The third-order valence-electron chi connectivity index (χ3n) is 3.43. The number of hydrogen-bond donors (Lipinski definition) is 2. The van der Waals surface area contributed by atoms with Crippen LogP contribution in [-0.2, 0) is 0 Å². The van der Waals surface area contributed by atoms with Gasteiger partial charge >= 0.3 is 18.1 Å². The molecule has 0 saturated carbocycles. The fraction of sp³-hybridized carbons (Fsp3) is 0.188. The molecule has 26 heavy (non-hydrogen) atoms. The second kappa shape index (κ2) is 6.44. The van der Waals surface area contributed by atoms with Crippen LogP contribution in [0.25, 0.3) is 0 Å². The third kappa shape index (κ3) is 3.47. The van der Waals surface area contributed by atoms with E-state index in [9.17, 15) is 18.0 Å². The van der Waals surface area contributed by atoms with Gasteiger partial charge in [0, 0.05) is 11.1 Å². The number of carbonyl (C=O) groups is 1. The average molecular weight is 407 g/mol. The summed E-state index contributed by atoms with van der Waals surface area (Å²) in [6.45, 7) is 1.74. The van der Waals surface area contributed by atoms with Crippen LogP contribution in [0.4, 0.5) is 23.7 Å². The number of amides is 2. The van der Waals surface area contributed by atoms with Crippen LogP contribution < -0.4 is 20.1 Å². The Morgan fingerprint density at radius 1 is 1.08 bits per heavy atom. The average Bonchev–Trinajstić information content (AvgIpc) is 2.89. The molecule has 1 heterocycles. The molecular weight excluding hydrogens is 396 g/mol. The van der Waals surface area contributed by atoms with Crippen LogP contribution in [0.3, 0.4) is 0 Å². The molecule has 0 unspecified atom stereocenters. The largest absolute Gasteiger partial charge is 0.492 e. The Morgan fingerprint density at radius 3 is 2.46 bits per heavy atom. The predicted octanol–water partition coefficient (Wildman–Crippen LogP) is 5.11. The van der Waals surface area contributed by atoms with Crippen molar-refractivity contribution < 1.29 is 27.4 Å². The Hall–Kier alpha value is -2.32. The van der Waals surface area contributed by atoms with Crippen LogP contribution in [0.15, 0.2) is 36.4 Å². The summed E-state index contributed by atoms with van der Waals surface area (Å²) >= 11 is 11.7. The van der Waals surface area contributed by atoms with Gasteiger partial charge in [0.05, 0.1) is 10.7 Å². The predicted molar refractivity (Wildman–Crippen MR) is 89.8 cm³/mol. The molecule has 1 aliphatic rings. The van der Waals surface area contributed by atoms with Crippen molar-refractivity contribution >= 4 is 34.9 Å². The highest BCUT2D eigenvalue weighted by molar-refractivity contribution is 6.33. The molecule has 0 bridgehead atoms. The standard InChI is InChI=1S/C16H11Cl2F3N2O3/c1-8-2-4-10(18)11(6-8)22-14(24)23-16(15(19,20)21)25-12-5-3-9(17)7-13(12)26-16/h2-7H,1H3,(H2,22,23,24)/t16-/m0/s1. The highest BCUT2D eigenvalue weighted by Gasteiger charge is 2.65. The fourth-order valence-electron chi connectivity index (χ4n) is 2.25. The molecule has 0 spiro atoms. The second-order valence-electron chi connectivity index (χ2n) is 5.47. The van der Waals surface area contributed by atoms with Gasteiger partial charge in [-0.15, -0.1) is 0 Å². The molecule has 2 N–H and O–H groups in total.